The largest absolute Gasteiger partial charge is 0.496 e. The third kappa shape index (κ3) is 1.96. The van der Waals surface area contributed by atoms with Crippen LogP contribution in [0.3, 0.4) is 0 Å². The minimum Gasteiger partial charge on any atom is -0.496 e. The van der Waals surface area contributed by atoms with E-state index in [9.17, 15) is 4.39 Å². The van der Waals surface area contributed by atoms with Crippen LogP contribution >= 0.6 is 0 Å². The predicted molar refractivity (Wildman–Crippen MR) is 56.2 cm³/mol. The van der Waals surface area contributed by atoms with Crippen LogP contribution in [0.5, 0.6) is 5.75 Å². The van der Waals surface area contributed by atoms with E-state index in [2.05, 4.69) is 4.98 Å². The summed E-state index contributed by atoms with van der Waals surface area (Å²) in [5.41, 5.74) is 1.56. The summed E-state index contributed by atoms with van der Waals surface area (Å²) in [6, 6.07) is 8.89. The molecule has 0 bridgehead atoms. The van der Waals surface area contributed by atoms with Crippen molar-refractivity contribution in [1.29, 1.82) is 0 Å². The van der Waals surface area contributed by atoms with Crippen molar-refractivity contribution < 1.29 is 9.13 Å². The van der Waals surface area contributed by atoms with Crippen molar-refractivity contribution in [2.75, 3.05) is 7.11 Å². The van der Waals surface area contributed by atoms with Crippen LogP contribution < -0.4 is 4.74 Å². The minimum atomic E-state index is -0.349. The first-order valence-electron chi connectivity index (χ1n) is 4.55. The SMILES string of the molecule is COc1ccccc1-c1cncc(F)c1. The smallest absolute Gasteiger partial charge is 0.142 e. The number of hydrogen-bond acceptors (Lipinski definition) is 2. The van der Waals surface area contributed by atoms with Crippen LogP contribution in [0.4, 0.5) is 4.39 Å². The maximum atomic E-state index is 13.0. The van der Waals surface area contributed by atoms with Crippen LogP contribution in [0.15, 0.2) is 42.7 Å². The van der Waals surface area contributed by atoms with E-state index in [-0.39, 0.29) is 5.82 Å². The summed E-state index contributed by atoms with van der Waals surface area (Å²) in [6.45, 7) is 0. The van der Waals surface area contributed by atoms with Crippen molar-refractivity contribution in [1.82, 2.24) is 4.98 Å². The average Bonchev–Trinajstić information content (AvgIpc) is 2.29. The maximum Gasteiger partial charge on any atom is 0.142 e. The van der Waals surface area contributed by atoms with Gasteiger partial charge in [0.15, 0.2) is 0 Å². The number of halogens is 1. The lowest BCUT2D eigenvalue weighted by Crippen LogP contribution is -1.88. The van der Waals surface area contributed by atoms with E-state index in [1.807, 2.05) is 24.3 Å². The molecule has 0 N–H and O–H groups in total. The molecule has 0 fully saturated rings. The molecular formula is C12H10FNO. The van der Waals surface area contributed by atoms with Crippen LogP contribution in [-0.4, -0.2) is 12.1 Å². The zero-order valence-electron chi connectivity index (χ0n) is 8.27. The highest BCUT2D eigenvalue weighted by Gasteiger charge is 2.05. The fraction of sp³-hybridized carbons (Fsp3) is 0.0833. The van der Waals surface area contributed by atoms with Gasteiger partial charge in [0.2, 0.25) is 0 Å². The van der Waals surface area contributed by atoms with Crippen molar-refractivity contribution in [2.24, 2.45) is 0 Å². The van der Waals surface area contributed by atoms with Gasteiger partial charge in [-0.1, -0.05) is 18.2 Å². The van der Waals surface area contributed by atoms with Crippen LogP contribution in [0.25, 0.3) is 11.1 Å². The van der Waals surface area contributed by atoms with Gasteiger partial charge < -0.3 is 4.74 Å². The normalized spacial score (nSPS) is 10.0. The number of pyridine rings is 1. The van der Waals surface area contributed by atoms with Gasteiger partial charge in [0, 0.05) is 17.3 Å². The molecule has 0 aliphatic heterocycles. The molecule has 2 rings (SSSR count). The molecule has 3 heteroatoms. The number of aromatic nitrogens is 1. The fourth-order valence-corrected chi connectivity index (χ4v) is 1.44. The van der Waals surface area contributed by atoms with Gasteiger partial charge in [-0.25, -0.2) is 4.39 Å². The number of methoxy groups -OCH3 is 1. The van der Waals surface area contributed by atoms with Crippen molar-refractivity contribution in [3.05, 3.63) is 48.5 Å². The molecule has 2 nitrogen and oxygen atoms in total. The molecule has 0 aliphatic rings. The van der Waals surface area contributed by atoms with Gasteiger partial charge in [0.1, 0.15) is 11.6 Å². The van der Waals surface area contributed by atoms with E-state index in [0.717, 1.165) is 5.56 Å². The topological polar surface area (TPSA) is 22.1 Å². The second kappa shape index (κ2) is 4.09. The molecule has 2 aromatic rings. The molecule has 1 aromatic carbocycles. The lowest BCUT2D eigenvalue weighted by molar-refractivity contribution is 0.416. The van der Waals surface area contributed by atoms with E-state index < -0.39 is 0 Å². The summed E-state index contributed by atoms with van der Waals surface area (Å²) in [7, 11) is 1.59. The summed E-state index contributed by atoms with van der Waals surface area (Å²) >= 11 is 0. The Morgan fingerprint density at radius 3 is 2.73 bits per heavy atom. The molecule has 0 saturated heterocycles. The quantitative estimate of drug-likeness (QED) is 0.748. The van der Waals surface area contributed by atoms with Crippen molar-refractivity contribution in [3.8, 4) is 16.9 Å². The predicted octanol–water partition coefficient (Wildman–Crippen LogP) is 2.90. The number of nitrogens with zero attached hydrogens (tertiary/aromatic N) is 1. The highest BCUT2D eigenvalue weighted by Crippen LogP contribution is 2.28. The lowest BCUT2D eigenvalue weighted by Gasteiger charge is -2.07. The Morgan fingerprint density at radius 2 is 2.00 bits per heavy atom. The zero-order chi connectivity index (χ0) is 10.7. The Balaban J connectivity index is 2.53. The number of benzene rings is 1. The molecule has 0 unspecified atom stereocenters. The molecular weight excluding hydrogens is 193 g/mol. The summed E-state index contributed by atoms with van der Waals surface area (Å²) < 4.78 is 18.2. The second-order valence-electron chi connectivity index (χ2n) is 3.09. The number of para-hydroxylation sites is 1. The third-order valence-corrected chi connectivity index (χ3v) is 2.12. The van der Waals surface area contributed by atoms with Crippen molar-refractivity contribution in [2.45, 2.75) is 0 Å². The highest BCUT2D eigenvalue weighted by atomic mass is 19.1. The fourth-order valence-electron chi connectivity index (χ4n) is 1.44. The average molecular weight is 203 g/mol. The van der Waals surface area contributed by atoms with Crippen molar-refractivity contribution >= 4 is 0 Å². The molecule has 0 saturated carbocycles. The maximum absolute atomic E-state index is 13.0. The summed E-state index contributed by atoms with van der Waals surface area (Å²) in [6.07, 6.45) is 2.79. The molecule has 1 aromatic heterocycles. The van der Waals surface area contributed by atoms with E-state index >= 15 is 0 Å². The number of ether oxygens (including phenoxy) is 1. The summed E-state index contributed by atoms with van der Waals surface area (Å²) in [5.74, 6) is 0.364. The Morgan fingerprint density at radius 1 is 1.20 bits per heavy atom. The van der Waals surface area contributed by atoms with Crippen molar-refractivity contribution in [3.63, 3.8) is 0 Å². The monoisotopic (exact) mass is 203 g/mol. The van der Waals surface area contributed by atoms with E-state index in [1.165, 1.54) is 12.3 Å². The molecule has 0 aliphatic carbocycles. The minimum absolute atomic E-state index is 0.349. The first-order valence-corrected chi connectivity index (χ1v) is 4.55. The molecule has 0 amide bonds. The highest BCUT2D eigenvalue weighted by molar-refractivity contribution is 5.69. The van der Waals surface area contributed by atoms with E-state index in [4.69, 9.17) is 4.74 Å². The van der Waals surface area contributed by atoms with Crippen LogP contribution in [0, 0.1) is 5.82 Å². The molecule has 0 spiro atoms. The van der Waals surface area contributed by atoms with Gasteiger partial charge in [-0.15, -0.1) is 0 Å². The Labute approximate surface area is 87.4 Å². The molecule has 1 heterocycles. The zero-order valence-corrected chi connectivity index (χ0v) is 8.27. The van der Waals surface area contributed by atoms with Gasteiger partial charge in [0.05, 0.1) is 13.3 Å². The molecule has 15 heavy (non-hydrogen) atoms. The summed E-state index contributed by atoms with van der Waals surface area (Å²) in [5, 5.41) is 0. The first kappa shape index (κ1) is 9.65. The number of hydrogen-bond donors (Lipinski definition) is 0. The van der Waals surface area contributed by atoms with Gasteiger partial charge in [-0.3, -0.25) is 4.98 Å². The van der Waals surface area contributed by atoms with Gasteiger partial charge in [-0.2, -0.15) is 0 Å². The van der Waals surface area contributed by atoms with Crippen LogP contribution in [-0.2, 0) is 0 Å². The number of rotatable bonds is 2. The molecule has 0 radical (unpaired) electrons. The Hall–Kier alpha value is -1.90. The molecule has 76 valence electrons. The van der Waals surface area contributed by atoms with Gasteiger partial charge in [0.25, 0.3) is 0 Å². The second-order valence-corrected chi connectivity index (χ2v) is 3.09. The standard InChI is InChI=1S/C12H10FNO/c1-15-12-5-3-2-4-11(12)9-6-10(13)8-14-7-9/h2-8H,1H3. The Bertz CT molecular complexity index is 471. The van der Waals surface area contributed by atoms with Gasteiger partial charge >= 0.3 is 0 Å². The van der Waals surface area contributed by atoms with Crippen LogP contribution in [0.2, 0.25) is 0 Å². The molecule has 0 atom stereocenters. The first-order chi connectivity index (χ1) is 7.31. The van der Waals surface area contributed by atoms with Gasteiger partial charge in [-0.05, 0) is 12.1 Å². The lowest BCUT2D eigenvalue weighted by atomic mass is 10.1. The van der Waals surface area contributed by atoms with Crippen LogP contribution in [0.1, 0.15) is 0 Å². The Kier molecular flexibility index (Phi) is 2.63. The van der Waals surface area contributed by atoms with E-state index in [1.54, 1.807) is 13.3 Å². The van der Waals surface area contributed by atoms with E-state index in [0.29, 0.717) is 11.3 Å². The summed E-state index contributed by atoms with van der Waals surface area (Å²) in [4.78, 5) is 3.81. The third-order valence-electron chi connectivity index (χ3n) is 2.12.